The Morgan fingerprint density at radius 3 is 3.00 bits per heavy atom. The highest BCUT2D eigenvalue weighted by Gasteiger charge is 2.20. The molecule has 1 aliphatic heterocycles. The van der Waals surface area contributed by atoms with Crippen molar-refractivity contribution in [1.29, 1.82) is 0 Å². The summed E-state index contributed by atoms with van der Waals surface area (Å²) in [4.78, 5) is 2.45. The summed E-state index contributed by atoms with van der Waals surface area (Å²) in [6.45, 7) is 6.45. The fourth-order valence-electron chi connectivity index (χ4n) is 2.85. The van der Waals surface area contributed by atoms with Crippen molar-refractivity contribution in [3.63, 3.8) is 0 Å². The molecule has 1 fully saturated rings. The molecule has 20 heavy (non-hydrogen) atoms. The van der Waals surface area contributed by atoms with Crippen molar-refractivity contribution in [3.8, 4) is 11.5 Å². The van der Waals surface area contributed by atoms with Crippen molar-refractivity contribution < 1.29 is 14.6 Å². The third kappa shape index (κ3) is 4.12. The van der Waals surface area contributed by atoms with Crippen LogP contribution in [0.25, 0.3) is 0 Å². The van der Waals surface area contributed by atoms with Gasteiger partial charge in [-0.2, -0.15) is 0 Å². The van der Waals surface area contributed by atoms with Crippen LogP contribution in [-0.4, -0.2) is 43.4 Å². The third-order valence-corrected chi connectivity index (χ3v) is 3.74. The number of benzene rings is 1. The number of piperidine rings is 1. The van der Waals surface area contributed by atoms with Crippen molar-refractivity contribution in [3.05, 3.63) is 23.8 Å². The molecule has 1 heterocycles. The van der Waals surface area contributed by atoms with Crippen LogP contribution in [0.15, 0.2) is 18.2 Å². The molecule has 0 aliphatic carbocycles. The SMILES string of the molecule is CCOc1cc(CN2CCCC(COC)C2)ccc1O. The first kappa shape index (κ1) is 15.1. The first-order valence-corrected chi connectivity index (χ1v) is 7.39. The Labute approximate surface area is 121 Å². The van der Waals surface area contributed by atoms with E-state index in [-0.39, 0.29) is 5.75 Å². The average molecular weight is 279 g/mol. The Bertz CT molecular complexity index is 420. The molecule has 1 aliphatic rings. The van der Waals surface area contributed by atoms with E-state index in [0.717, 1.165) is 26.2 Å². The summed E-state index contributed by atoms with van der Waals surface area (Å²) < 4.78 is 10.7. The zero-order valence-corrected chi connectivity index (χ0v) is 12.5. The number of hydrogen-bond donors (Lipinski definition) is 1. The summed E-state index contributed by atoms with van der Waals surface area (Å²) >= 11 is 0. The van der Waals surface area contributed by atoms with E-state index in [0.29, 0.717) is 18.3 Å². The molecule has 1 atom stereocenters. The van der Waals surface area contributed by atoms with Gasteiger partial charge in [-0.25, -0.2) is 0 Å². The summed E-state index contributed by atoms with van der Waals surface area (Å²) in [5, 5.41) is 9.73. The van der Waals surface area contributed by atoms with E-state index in [4.69, 9.17) is 9.47 Å². The summed E-state index contributed by atoms with van der Waals surface area (Å²) in [6.07, 6.45) is 2.48. The standard InChI is InChI=1S/C16H25NO3/c1-3-20-16-9-13(6-7-15(16)18)10-17-8-4-5-14(11-17)12-19-2/h6-7,9,14,18H,3-5,8,10-12H2,1-2H3. The molecule has 0 spiro atoms. The normalized spacial score (nSPS) is 20.0. The van der Waals surface area contributed by atoms with E-state index in [2.05, 4.69) is 4.90 Å². The maximum atomic E-state index is 9.73. The van der Waals surface area contributed by atoms with Gasteiger partial charge in [-0.15, -0.1) is 0 Å². The van der Waals surface area contributed by atoms with Crippen LogP contribution in [0.4, 0.5) is 0 Å². The largest absolute Gasteiger partial charge is 0.504 e. The summed E-state index contributed by atoms with van der Waals surface area (Å²) in [6, 6.07) is 5.63. The summed E-state index contributed by atoms with van der Waals surface area (Å²) in [7, 11) is 1.77. The maximum Gasteiger partial charge on any atom is 0.161 e. The lowest BCUT2D eigenvalue weighted by molar-refractivity contribution is 0.0873. The van der Waals surface area contributed by atoms with Crippen LogP contribution in [0.2, 0.25) is 0 Å². The van der Waals surface area contributed by atoms with E-state index in [1.54, 1.807) is 13.2 Å². The lowest BCUT2D eigenvalue weighted by Crippen LogP contribution is -2.36. The van der Waals surface area contributed by atoms with Gasteiger partial charge in [0.15, 0.2) is 11.5 Å². The topological polar surface area (TPSA) is 41.9 Å². The zero-order chi connectivity index (χ0) is 14.4. The Kier molecular flexibility index (Phi) is 5.68. The molecule has 4 nitrogen and oxygen atoms in total. The van der Waals surface area contributed by atoms with Crippen molar-refractivity contribution in [2.45, 2.75) is 26.3 Å². The van der Waals surface area contributed by atoms with Crippen LogP contribution in [-0.2, 0) is 11.3 Å². The molecular weight excluding hydrogens is 254 g/mol. The van der Waals surface area contributed by atoms with Crippen molar-refractivity contribution in [2.75, 3.05) is 33.4 Å². The van der Waals surface area contributed by atoms with Gasteiger partial charge in [0.05, 0.1) is 13.2 Å². The van der Waals surface area contributed by atoms with Gasteiger partial charge < -0.3 is 14.6 Å². The number of likely N-dealkylation sites (tertiary alicyclic amines) is 1. The molecule has 0 saturated carbocycles. The number of methoxy groups -OCH3 is 1. The van der Waals surface area contributed by atoms with E-state index < -0.39 is 0 Å². The van der Waals surface area contributed by atoms with E-state index >= 15 is 0 Å². The number of aromatic hydroxyl groups is 1. The fourth-order valence-corrected chi connectivity index (χ4v) is 2.85. The van der Waals surface area contributed by atoms with Gasteiger partial charge in [-0.05, 0) is 49.9 Å². The third-order valence-electron chi connectivity index (χ3n) is 3.74. The number of phenols is 1. The molecule has 112 valence electrons. The van der Waals surface area contributed by atoms with Crippen molar-refractivity contribution >= 4 is 0 Å². The van der Waals surface area contributed by atoms with Gasteiger partial charge in [0, 0.05) is 20.2 Å². The van der Waals surface area contributed by atoms with Gasteiger partial charge in [0.25, 0.3) is 0 Å². The molecule has 0 aromatic heterocycles. The smallest absolute Gasteiger partial charge is 0.161 e. The van der Waals surface area contributed by atoms with E-state index in [1.807, 2.05) is 19.1 Å². The second-order valence-corrected chi connectivity index (χ2v) is 5.43. The molecule has 1 unspecified atom stereocenters. The summed E-state index contributed by atoms with van der Waals surface area (Å²) in [5.74, 6) is 1.43. The Hall–Kier alpha value is -1.26. The van der Waals surface area contributed by atoms with Gasteiger partial charge in [-0.3, -0.25) is 4.90 Å². The Morgan fingerprint density at radius 1 is 1.40 bits per heavy atom. The minimum absolute atomic E-state index is 0.214. The predicted octanol–water partition coefficient (Wildman–Crippen LogP) is 2.65. The maximum absolute atomic E-state index is 9.73. The second kappa shape index (κ2) is 7.50. The highest BCUT2D eigenvalue weighted by molar-refractivity contribution is 5.41. The van der Waals surface area contributed by atoms with Crippen molar-refractivity contribution in [1.82, 2.24) is 4.90 Å². The van der Waals surface area contributed by atoms with Crippen LogP contribution >= 0.6 is 0 Å². The predicted molar refractivity (Wildman–Crippen MR) is 79.2 cm³/mol. The number of rotatable bonds is 6. The van der Waals surface area contributed by atoms with E-state index in [9.17, 15) is 5.11 Å². The van der Waals surface area contributed by atoms with Gasteiger partial charge in [0.1, 0.15) is 0 Å². The van der Waals surface area contributed by atoms with Crippen molar-refractivity contribution in [2.24, 2.45) is 5.92 Å². The number of hydrogen-bond acceptors (Lipinski definition) is 4. The number of nitrogens with zero attached hydrogens (tertiary/aromatic N) is 1. The lowest BCUT2D eigenvalue weighted by atomic mass is 9.98. The number of ether oxygens (including phenoxy) is 2. The van der Waals surface area contributed by atoms with Crippen LogP contribution in [0.1, 0.15) is 25.3 Å². The Balaban J connectivity index is 1.96. The zero-order valence-electron chi connectivity index (χ0n) is 12.5. The second-order valence-electron chi connectivity index (χ2n) is 5.43. The molecule has 0 amide bonds. The lowest BCUT2D eigenvalue weighted by Gasteiger charge is -2.32. The van der Waals surface area contributed by atoms with Gasteiger partial charge in [0.2, 0.25) is 0 Å². The molecule has 0 radical (unpaired) electrons. The first-order chi connectivity index (χ1) is 9.72. The highest BCUT2D eigenvalue weighted by Crippen LogP contribution is 2.28. The molecule has 4 heteroatoms. The minimum atomic E-state index is 0.214. The quantitative estimate of drug-likeness (QED) is 0.869. The molecule has 2 rings (SSSR count). The van der Waals surface area contributed by atoms with Crippen LogP contribution in [0.3, 0.4) is 0 Å². The number of phenolic OH excluding ortho intramolecular Hbond substituents is 1. The fraction of sp³-hybridized carbons (Fsp3) is 0.625. The molecule has 1 aromatic rings. The highest BCUT2D eigenvalue weighted by atomic mass is 16.5. The van der Waals surface area contributed by atoms with Crippen LogP contribution in [0.5, 0.6) is 11.5 Å². The van der Waals surface area contributed by atoms with Crippen LogP contribution in [0, 0.1) is 5.92 Å². The molecule has 0 bridgehead atoms. The summed E-state index contributed by atoms with van der Waals surface area (Å²) in [5.41, 5.74) is 1.18. The molecule has 1 N–H and O–H groups in total. The first-order valence-electron chi connectivity index (χ1n) is 7.39. The Morgan fingerprint density at radius 2 is 2.25 bits per heavy atom. The average Bonchev–Trinajstić information content (AvgIpc) is 2.44. The molecule has 1 aromatic carbocycles. The van der Waals surface area contributed by atoms with E-state index in [1.165, 1.54) is 18.4 Å². The van der Waals surface area contributed by atoms with Crippen LogP contribution < -0.4 is 4.74 Å². The molecule has 1 saturated heterocycles. The molecular formula is C16H25NO3. The van der Waals surface area contributed by atoms with Gasteiger partial charge >= 0.3 is 0 Å². The van der Waals surface area contributed by atoms with Gasteiger partial charge in [-0.1, -0.05) is 6.07 Å². The monoisotopic (exact) mass is 279 g/mol. The minimum Gasteiger partial charge on any atom is -0.504 e.